The molecule has 0 aliphatic carbocycles. The van der Waals surface area contributed by atoms with E-state index in [1.807, 2.05) is 6.92 Å². The van der Waals surface area contributed by atoms with Crippen molar-refractivity contribution in [1.82, 2.24) is 0 Å². The minimum absolute atomic E-state index is 0.0365. The van der Waals surface area contributed by atoms with E-state index in [1.165, 1.54) is 47.4 Å². The van der Waals surface area contributed by atoms with Gasteiger partial charge in [0.1, 0.15) is 17.2 Å². The Morgan fingerprint density at radius 2 is 1.50 bits per heavy atom. The van der Waals surface area contributed by atoms with Gasteiger partial charge in [0.2, 0.25) is 0 Å². The van der Waals surface area contributed by atoms with Crippen molar-refractivity contribution in [3.63, 3.8) is 0 Å². The molecular formula is C31H26ClF6NO3. The van der Waals surface area contributed by atoms with Crippen LogP contribution in [0.5, 0.6) is 17.2 Å². The van der Waals surface area contributed by atoms with Crippen molar-refractivity contribution in [2.45, 2.75) is 38.5 Å². The first-order valence-electron chi connectivity index (χ1n) is 12.8. The molecule has 1 unspecified atom stereocenters. The van der Waals surface area contributed by atoms with Crippen LogP contribution in [0.4, 0.5) is 32.0 Å². The zero-order chi connectivity index (χ0) is 30.5. The van der Waals surface area contributed by atoms with Crippen LogP contribution in [-0.4, -0.2) is 18.1 Å². The number of nitrogens with zero attached hydrogens (tertiary/aromatic N) is 1. The van der Waals surface area contributed by atoms with Crippen LogP contribution in [0.1, 0.15) is 35.2 Å². The highest BCUT2D eigenvalue weighted by Crippen LogP contribution is 2.40. The molecule has 0 amide bonds. The summed E-state index contributed by atoms with van der Waals surface area (Å²) in [5.41, 5.74) is -0.0606. The summed E-state index contributed by atoms with van der Waals surface area (Å²) in [6.45, 7) is 0.809. The molecule has 4 rings (SSSR count). The number of hydrogen-bond acceptors (Lipinski definition) is 4. The fourth-order valence-corrected chi connectivity index (χ4v) is 4.83. The number of alkyl halides is 6. The van der Waals surface area contributed by atoms with Crippen molar-refractivity contribution >= 4 is 17.3 Å². The molecule has 0 fully saturated rings. The molecular weight excluding hydrogens is 584 g/mol. The van der Waals surface area contributed by atoms with E-state index in [2.05, 4.69) is 4.74 Å². The highest BCUT2D eigenvalue weighted by atomic mass is 35.5. The summed E-state index contributed by atoms with van der Waals surface area (Å²) in [6.07, 6.45) is -9.09. The van der Waals surface area contributed by atoms with Crippen molar-refractivity contribution in [3.8, 4) is 17.2 Å². The fraction of sp³-hybridized carbons (Fsp3) is 0.226. The van der Waals surface area contributed by atoms with Crippen molar-refractivity contribution < 1.29 is 40.9 Å². The van der Waals surface area contributed by atoms with Crippen LogP contribution in [-0.2, 0) is 19.1 Å². The summed E-state index contributed by atoms with van der Waals surface area (Å²) in [5.74, 6) is 0.254. The van der Waals surface area contributed by atoms with Gasteiger partial charge in [0.15, 0.2) is 0 Å². The maximum absolute atomic E-state index is 14.0. The Labute approximate surface area is 243 Å². The topological polar surface area (TPSA) is 41.9 Å². The minimum atomic E-state index is -5.00. The number of aryl methyl sites for hydroxylation is 1. The van der Waals surface area contributed by atoms with Crippen molar-refractivity contribution in [2.75, 3.05) is 11.5 Å². The van der Waals surface area contributed by atoms with Gasteiger partial charge in [0.25, 0.3) is 0 Å². The molecule has 0 spiro atoms. The second-order valence-corrected chi connectivity index (χ2v) is 9.68. The quantitative estimate of drug-likeness (QED) is 0.182. The maximum Gasteiger partial charge on any atom is 0.573 e. The minimum Gasteiger partial charge on any atom is -0.457 e. The van der Waals surface area contributed by atoms with E-state index in [-0.39, 0.29) is 23.4 Å². The third-order valence-electron chi connectivity index (χ3n) is 6.50. The maximum atomic E-state index is 14.0. The predicted molar refractivity (Wildman–Crippen MR) is 148 cm³/mol. The standard InChI is InChI=1S/C31H26ClF6NO3/c1-2-20-16-24(14-15-27(20)32)41-23-10-7-9-22(17-23)39(18-21-8-3-6-13-29(21)42-31(36,37)38)28(19-40)25-11-4-5-12-26(25)30(33,34)35/h3-17,28,40H,2,18-19H2,1H3. The second-order valence-electron chi connectivity index (χ2n) is 9.27. The first-order chi connectivity index (χ1) is 19.9. The molecule has 42 heavy (non-hydrogen) atoms. The smallest absolute Gasteiger partial charge is 0.457 e. The Bertz CT molecular complexity index is 1510. The van der Waals surface area contributed by atoms with Gasteiger partial charge in [0.05, 0.1) is 18.2 Å². The van der Waals surface area contributed by atoms with Gasteiger partial charge in [-0.15, -0.1) is 13.2 Å². The average Bonchev–Trinajstić information content (AvgIpc) is 2.94. The van der Waals surface area contributed by atoms with Gasteiger partial charge in [-0.2, -0.15) is 13.2 Å². The lowest BCUT2D eigenvalue weighted by molar-refractivity contribution is -0.274. The van der Waals surface area contributed by atoms with Crippen LogP contribution in [0.2, 0.25) is 5.02 Å². The molecule has 0 aliphatic heterocycles. The lowest BCUT2D eigenvalue weighted by Gasteiger charge is -2.35. The fourth-order valence-electron chi connectivity index (χ4n) is 4.58. The molecule has 0 saturated carbocycles. The number of ether oxygens (including phenoxy) is 2. The van der Waals surface area contributed by atoms with Gasteiger partial charge < -0.3 is 19.5 Å². The second kappa shape index (κ2) is 13.0. The van der Waals surface area contributed by atoms with Gasteiger partial charge in [-0.1, -0.05) is 61.0 Å². The predicted octanol–water partition coefficient (Wildman–Crippen LogP) is 9.35. The van der Waals surface area contributed by atoms with Crippen molar-refractivity contribution in [3.05, 3.63) is 118 Å². The highest BCUT2D eigenvalue weighted by molar-refractivity contribution is 6.31. The zero-order valence-electron chi connectivity index (χ0n) is 22.2. The molecule has 1 atom stereocenters. The molecule has 4 aromatic carbocycles. The molecule has 0 saturated heterocycles. The van der Waals surface area contributed by atoms with Crippen LogP contribution in [0, 0.1) is 0 Å². The zero-order valence-corrected chi connectivity index (χ0v) is 23.0. The number of aliphatic hydroxyl groups is 1. The Morgan fingerprint density at radius 3 is 2.19 bits per heavy atom. The van der Waals surface area contributed by atoms with Crippen molar-refractivity contribution in [2.24, 2.45) is 0 Å². The van der Waals surface area contributed by atoms with E-state index in [4.69, 9.17) is 16.3 Å². The first-order valence-corrected chi connectivity index (χ1v) is 13.2. The lowest BCUT2D eigenvalue weighted by atomic mass is 9.97. The summed E-state index contributed by atoms with van der Waals surface area (Å²) >= 11 is 6.20. The Hall–Kier alpha value is -3.89. The molecule has 0 aliphatic rings. The molecule has 4 nitrogen and oxygen atoms in total. The number of benzene rings is 4. The van der Waals surface area contributed by atoms with E-state index in [0.717, 1.165) is 17.7 Å². The Balaban J connectivity index is 1.81. The molecule has 222 valence electrons. The van der Waals surface area contributed by atoms with E-state index < -0.39 is 36.5 Å². The van der Waals surface area contributed by atoms with E-state index in [0.29, 0.717) is 22.9 Å². The SMILES string of the molecule is CCc1cc(Oc2cccc(N(Cc3ccccc3OC(F)(F)F)C(CO)c3ccccc3C(F)(F)F)c2)ccc1Cl. The van der Waals surface area contributed by atoms with Gasteiger partial charge >= 0.3 is 12.5 Å². The monoisotopic (exact) mass is 609 g/mol. The van der Waals surface area contributed by atoms with Crippen LogP contribution < -0.4 is 14.4 Å². The van der Waals surface area contributed by atoms with Crippen LogP contribution in [0.25, 0.3) is 0 Å². The molecule has 0 radical (unpaired) electrons. The van der Waals surface area contributed by atoms with Crippen molar-refractivity contribution in [1.29, 1.82) is 0 Å². The van der Waals surface area contributed by atoms with E-state index >= 15 is 0 Å². The highest BCUT2D eigenvalue weighted by Gasteiger charge is 2.37. The third-order valence-corrected chi connectivity index (χ3v) is 6.87. The molecule has 0 bridgehead atoms. The van der Waals surface area contributed by atoms with Crippen LogP contribution in [0.15, 0.2) is 91.0 Å². The van der Waals surface area contributed by atoms with Gasteiger partial charge in [-0.25, -0.2) is 0 Å². The third kappa shape index (κ3) is 7.68. The summed E-state index contributed by atoms with van der Waals surface area (Å²) in [4.78, 5) is 1.38. The normalized spacial score (nSPS) is 12.6. The summed E-state index contributed by atoms with van der Waals surface area (Å²) < 4.78 is 91.7. The summed E-state index contributed by atoms with van der Waals surface area (Å²) in [7, 11) is 0. The summed E-state index contributed by atoms with van der Waals surface area (Å²) in [6, 6.07) is 20.2. The molecule has 0 heterocycles. The van der Waals surface area contributed by atoms with Gasteiger partial charge in [0, 0.05) is 28.9 Å². The molecule has 1 N–H and O–H groups in total. The van der Waals surface area contributed by atoms with Gasteiger partial charge in [-0.3, -0.25) is 0 Å². The molecule has 4 aromatic rings. The number of hydrogen-bond donors (Lipinski definition) is 1. The van der Waals surface area contributed by atoms with Gasteiger partial charge in [-0.05, 0) is 60.0 Å². The van der Waals surface area contributed by atoms with E-state index in [9.17, 15) is 31.4 Å². The van der Waals surface area contributed by atoms with Crippen LogP contribution in [0.3, 0.4) is 0 Å². The number of rotatable bonds is 10. The average molecular weight is 610 g/mol. The summed E-state index contributed by atoms with van der Waals surface area (Å²) in [5, 5.41) is 11.0. The molecule has 11 heteroatoms. The number of aliphatic hydroxyl groups excluding tert-OH is 1. The number of halogens is 7. The lowest BCUT2D eigenvalue weighted by Crippen LogP contribution is -2.33. The Kier molecular flexibility index (Phi) is 9.58. The first kappa shape index (κ1) is 31.1. The number of para-hydroxylation sites is 1. The number of anilines is 1. The molecule has 0 aromatic heterocycles. The Morgan fingerprint density at radius 1 is 0.810 bits per heavy atom. The largest absolute Gasteiger partial charge is 0.573 e. The van der Waals surface area contributed by atoms with Crippen LogP contribution >= 0.6 is 11.6 Å². The van der Waals surface area contributed by atoms with E-state index in [1.54, 1.807) is 36.4 Å².